The molecule has 2 aromatic rings. The van der Waals surface area contributed by atoms with Gasteiger partial charge in [-0.05, 0) is 110 Å². The fourth-order valence-electron chi connectivity index (χ4n) is 4.88. The van der Waals surface area contributed by atoms with Crippen LogP contribution in [0.25, 0.3) is 10.9 Å². The summed E-state index contributed by atoms with van der Waals surface area (Å²) in [4.78, 5) is 0. The van der Waals surface area contributed by atoms with Gasteiger partial charge in [0.2, 0.25) is 0 Å². The quantitative estimate of drug-likeness (QED) is 0.467. The van der Waals surface area contributed by atoms with Crippen molar-refractivity contribution in [3.63, 3.8) is 0 Å². The molecule has 4 rings (SSSR count). The number of aryl methyl sites for hydroxylation is 1. The van der Waals surface area contributed by atoms with Gasteiger partial charge < -0.3 is 23.2 Å². The minimum atomic E-state index is -0.311. The topological polar surface area (TPSA) is 41.9 Å². The van der Waals surface area contributed by atoms with Crippen LogP contribution in [0.1, 0.15) is 79.7 Å². The highest BCUT2D eigenvalue weighted by atomic mass is 16.7. The summed E-state index contributed by atoms with van der Waals surface area (Å²) < 4.78 is 27.4. The zero-order chi connectivity index (χ0) is 24.2. The predicted octanol–water partition coefficient (Wildman–Crippen LogP) is 6.23. The minimum Gasteiger partial charge on any atom is -0.403 e. The number of hydrogen-bond acceptors (Lipinski definition) is 4. The number of nitrogens with zero attached hydrogens (tertiary/aromatic N) is 1. The van der Waals surface area contributed by atoms with Gasteiger partial charge in [0.25, 0.3) is 0 Å². The Hall–Kier alpha value is -1.27. The van der Waals surface area contributed by atoms with Gasteiger partial charge >= 0.3 is 14.2 Å². The molecule has 2 saturated heterocycles. The van der Waals surface area contributed by atoms with E-state index in [2.05, 4.69) is 97.5 Å². The van der Waals surface area contributed by atoms with Gasteiger partial charge in [-0.15, -0.1) is 0 Å². The molecule has 1 unspecified atom stereocenters. The molecular formula is C26H41B2NO4. The van der Waals surface area contributed by atoms with Gasteiger partial charge in [0.05, 0.1) is 22.4 Å². The fourth-order valence-corrected chi connectivity index (χ4v) is 4.88. The monoisotopic (exact) mass is 453 g/mol. The van der Waals surface area contributed by atoms with Crippen LogP contribution in [-0.4, -0.2) is 41.2 Å². The van der Waals surface area contributed by atoms with E-state index in [-0.39, 0.29) is 36.6 Å². The third-order valence-corrected chi connectivity index (χ3v) is 8.45. The van der Waals surface area contributed by atoms with Gasteiger partial charge in [-0.25, -0.2) is 0 Å². The van der Waals surface area contributed by atoms with E-state index in [1.165, 1.54) is 16.5 Å². The number of fused-ring (bicyclic) bond motifs is 1. The average Bonchev–Trinajstić information content (AvgIpc) is 3.22. The first-order valence-electron chi connectivity index (χ1n) is 12.5. The summed E-state index contributed by atoms with van der Waals surface area (Å²) in [5, 5.41) is 1.28. The Bertz CT molecular complexity index is 965. The molecule has 0 radical (unpaired) electrons. The second-order valence-corrected chi connectivity index (χ2v) is 12.0. The molecule has 33 heavy (non-hydrogen) atoms. The first kappa shape index (κ1) is 24.8. The molecular weight excluding hydrogens is 412 g/mol. The minimum absolute atomic E-state index is 0.149. The van der Waals surface area contributed by atoms with Gasteiger partial charge in [-0.1, -0.05) is 12.5 Å². The highest BCUT2D eigenvalue weighted by Gasteiger charge is 2.52. The molecule has 3 heterocycles. The highest BCUT2D eigenvalue weighted by molar-refractivity contribution is 6.46. The summed E-state index contributed by atoms with van der Waals surface area (Å²) in [6.45, 7) is 16.9. The van der Waals surface area contributed by atoms with Gasteiger partial charge in [-0.3, -0.25) is 0 Å². The van der Waals surface area contributed by atoms with E-state index in [0.717, 1.165) is 25.5 Å². The van der Waals surface area contributed by atoms with Crippen molar-refractivity contribution in [3.05, 3.63) is 36.0 Å². The lowest BCUT2D eigenvalue weighted by molar-refractivity contribution is 0.00578. The van der Waals surface area contributed by atoms with Gasteiger partial charge in [0.1, 0.15) is 0 Å². The largest absolute Gasteiger partial charge is 0.458 e. The Morgan fingerprint density at radius 3 is 1.91 bits per heavy atom. The Kier molecular flexibility index (Phi) is 6.35. The number of benzene rings is 1. The average molecular weight is 453 g/mol. The molecule has 180 valence electrons. The van der Waals surface area contributed by atoms with Crippen molar-refractivity contribution >= 4 is 25.1 Å². The standard InChI is InChI=1S/C26H41B2NO4/c1-23(2)24(3,4)31-27(30-23)15-10-11-21(18-28-32-25(5,6)26(7,8)33-28)19-12-13-22-20(17-19)14-16-29(22)9/h12-14,16-17,21H,10-11,15,18H2,1-9H3. The first-order valence-corrected chi connectivity index (χ1v) is 12.5. The molecule has 1 atom stereocenters. The highest BCUT2D eigenvalue weighted by Crippen LogP contribution is 2.42. The molecule has 1 aromatic heterocycles. The molecule has 5 nitrogen and oxygen atoms in total. The molecule has 7 heteroatoms. The van der Waals surface area contributed by atoms with Gasteiger partial charge in [0.15, 0.2) is 0 Å². The molecule has 0 aliphatic carbocycles. The molecule has 2 fully saturated rings. The lowest BCUT2D eigenvalue weighted by Crippen LogP contribution is -2.41. The van der Waals surface area contributed by atoms with Crippen LogP contribution in [0.3, 0.4) is 0 Å². The lowest BCUT2D eigenvalue weighted by Gasteiger charge is -2.32. The molecule has 0 spiro atoms. The maximum Gasteiger partial charge on any atom is 0.458 e. The molecule has 2 aliphatic heterocycles. The van der Waals surface area contributed by atoms with Crippen LogP contribution in [0, 0.1) is 0 Å². The summed E-state index contributed by atoms with van der Waals surface area (Å²) in [7, 11) is 1.74. The normalized spacial score (nSPS) is 24.0. The molecule has 0 saturated carbocycles. The van der Waals surface area contributed by atoms with Gasteiger partial charge in [-0.2, -0.15) is 0 Å². The van der Waals surface area contributed by atoms with Crippen LogP contribution >= 0.6 is 0 Å². The summed E-state index contributed by atoms with van der Waals surface area (Å²) in [5.41, 5.74) is 1.42. The summed E-state index contributed by atoms with van der Waals surface area (Å²) in [5.74, 6) is 0.340. The van der Waals surface area contributed by atoms with Crippen LogP contribution in [0.2, 0.25) is 12.6 Å². The van der Waals surface area contributed by atoms with E-state index < -0.39 is 0 Å². The van der Waals surface area contributed by atoms with E-state index in [9.17, 15) is 0 Å². The third kappa shape index (κ3) is 4.80. The van der Waals surface area contributed by atoms with E-state index in [4.69, 9.17) is 18.6 Å². The Morgan fingerprint density at radius 1 is 0.788 bits per heavy atom. The molecule has 0 bridgehead atoms. The van der Waals surface area contributed by atoms with Crippen LogP contribution < -0.4 is 0 Å². The van der Waals surface area contributed by atoms with Crippen molar-refractivity contribution in [2.45, 2.75) is 109 Å². The maximum absolute atomic E-state index is 6.37. The van der Waals surface area contributed by atoms with E-state index in [1.54, 1.807) is 0 Å². The zero-order valence-electron chi connectivity index (χ0n) is 22.0. The van der Waals surface area contributed by atoms with Crippen molar-refractivity contribution in [1.29, 1.82) is 0 Å². The van der Waals surface area contributed by atoms with E-state index >= 15 is 0 Å². The van der Waals surface area contributed by atoms with Crippen LogP contribution in [0.4, 0.5) is 0 Å². The van der Waals surface area contributed by atoms with E-state index in [1.807, 2.05) is 0 Å². The van der Waals surface area contributed by atoms with Crippen molar-refractivity contribution < 1.29 is 18.6 Å². The van der Waals surface area contributed by atoms with Crippen molar-refractivity contribution in [2.75, 3.05) is 0 Å². The lowest BCUT2D eigenvalue weighted by atomic mass is 9.71. The molecule has 2 aliphatic rings. The number of aromatic nitrogens is 1. The Labute approximate surface area is 200 Å². The van der Waals surface area contributed by atoms with E-state index in [0.29, 0.717) is 5.92 Å². The summed E-state index contributed by atoms with van der Waals surface area (Å²) >= 11 is 0. The predicted molar refractivity (Wildman–Crippen MR) is 137 cm³/mol. The summed E-state index contributed by atoms with van der Waals surface area (Å²) in [6, 6.07) is 9.03. The smallest absolute Gasteiger partial charge is 0.403 e. The van der Waals surface area contributed by atoms with Crippen molar-refractivity contribution in [1.82, 2.24) is 4.57 Å². The van der Waals surface area contributed by atoms with Crippen LogP contribution in [-0.2, 0) is 25.7 Å². The first-order chi connectivity index (χ1) is 15.2. The van der Waals surface area contributed by atoms with Crippen LogP contribution in [0.15, 0.2) is 30.5 Å². The molecule has 0 N–H and O–H groups in total. The zero-order valence-corrected chi connectivity index (χ0v) is 22.0. The third-order valence-electron chi connectivity index (χ3n) is 8.45. The van der Waals surface area contributed by atoms with Crippen LogP contribution in [0.5, 0.6) is 0 Å². The van der Waals surface area contributed by atoms with Gasteiger partial charge in [0, 0.05) is 18.8 Å². The second kappa shape index (κ2) is 8.44. The van der Waals surface area contributed by atoms with Crippen molar-refractivity contribution in [2.24, 2.45) is 7.05 Å². The van der Waals surface area contributed by atoms with Crippen molar-refractivity contribution in [3.8, 4) is 0 Å². The number of hydrogen-bond donors (Lipinski definition) is 0. The molecule has 1 aromatic carbocycles. The number of rotatable bonds is 7. The summed E-state index contributed by atoms with van der Waals surface area (Å²) in [6.07, 6.45) is 5.91. The molecule has 0 amide bonds. The maximum atomic E-state index is 6.37. The SMILES string of the molecule is Cn1ccc2cc(C(CCCB3OC(C)(C)C(C)(C)O3)CB3OC(C)(C)C(C)(C)O3)ccc21. The Morgan fingerprint density at radius 2 is 1.33 bits per heavy atom. The Balaban J connectivity index is 1.48. The second-order valence-electron chi connectivity index (χ2n) is 12.0. The fraction of sp³-hybridized carbons (Fsp3) is 0.692.